The molecule has 0 spiro atoms. The molecule has 0 saturated heterocycles. The Kier molecular flexibility index (Phi) is 9.58. The average molecular weight is 391 g/mol. The van der Waals surface area contributed by atoms with E-state index in [4.69, 9.17) is 14.5 Å². The number of nitrogens with one attached hydrogen (secondary N) is 2. The third-order valence-electron chi connectivity index (χ3n) is 4.86. The molecule has 1 aromatic rings. The lowest BCUT2D eigenvalue weighted by Crippen LogP contribution is -2.43. The van der Waals surface area contributed by atoms with Gasteiger partial charge >= 0.3 is 0 Å². The van der Waals surface area contributed by atoms with Crippen LogP contribution in [0.15, 0.2) is 23.2 Å². The van der Waals surface area contributed by atoms with Gasteiger partial charge in [0.1, 0.15) is 12.4 Å². The van der Waals surface area contributed by atoms with Gasteiger partial charge in [-0.25, -0.2) is 4.99 Å². The summed E-state index contributed by atoms with van der Waals surface area (Å²) < 4.78 is 11.0. The molecule has 2 rings (SSSR count). The van der Waals surface area contributed by atoms with Gasteiger partial charge in [0.2, 0.25) is 0 Å². The number of hydrogen-bond donors (Lipinski definition) is 2. The summed E-state index contributed by atoms with van der Waals surface area (Å²) in [5.41, 5.74) is 2.26. The maximum Gasteiger partial charge on any atom is 0.191 e. The van der Waals surface area contributed by atoms with E-state index >= 15 is 0 Å². The lowest BCUT2D eigenvalue weighted by molar-refractivity contribution is 0.145. The zero-order valence-electron chi connectivity index (χ0n) is 18.3. The van der Waals surface area contributed by atoms with Gasteiger partial charge in [0.05, 0.1) is 13.2 Å². The molecule has 6 nitrogen and oxygen atoms in total. The van der Waals surface area contributed by atoms with Crippen LogP contribution in [0.3, 0.4) is 0 Å². The minimum Gasteiger partial charge on any atom is -0.491 e. The van der Waals surface area contributed by atoms with Crippen LogP contribution in [0.25, 0.3) is 0 Å². The fourth-order valence-corrected chi connectivity index (χ4v) is 3.24. The summed E-state index contributed by atoms with van der Waals surface area (Å²) in [6, 6.07) is 7.63. The van der Waals surface area contributed by atoms with Crippen LogP contribution in [0.4, 0.5) is 0 Å². The Balaban J connectivity index is 1.93. The highest BCUT2D eigenvalue weighted by Gasteiger charge is 2.30. The second kappa shape index (κ2) is 11.9. The first kappa shape index (κ1) is 22.5. The Morgan fingerprint density at radius 1 is 1.25 bits per heavy atom. The molecule has 1 aromatic carbocycles. The van der Waals surface area contributed by atoms with Crippen molar-refractivity contribution in [2.75, 3.05) is 40.0 Å². The van der Waals surface area contributed by atoms with E-state index in [1.807, 2.05) is 0 Å². The molecule has 2 N–H and O–H groups in total. The SMILES string of the molecule is CCNC(=NCc1ccc(C)cc1OCCOC)NCCN(C(C)C)C1CC1. The van der Waals surface area contributed by atoms with Gasteiger partial charge < -0.3 is 20.1 Å². The molecule has 1 saturated carbocycles. The van der Waals surface area contributed by atoms with Crippen LogP contribution < -0.4 is 15.4 Å². The molecular formula is C22H38N4O2. The molecule has 0 unspecified atom stereocenters. The van der Waals surface area contributed by atoms with E-state index in [9.17, 15) is 0 Å². The van der Waals surface area contributed by atoms with Crippen LogP contribution in [-0.2, 0) is 11.3 Å². The summed E-state index contributed by atoms with van der Waals surface area (Å²) in [4.78, 5) is 7.35. The van der Waals surface area contributed by atoms with Crippen LogP contribution in [0.1, 0.15) is 44.7 Å². The first-order chi connectivity index (χ1) is 13.5. The van der Waals surface area contributed by atoms with E-state index in [-0.39, 0.29) is 0 Å². The van der Waals surface area contributed by atoms with Gasteiger partial charge in [-0.3, -0.25) is 4.90 Å². The van der Waals surface area contributed by atoms with Gasteiger partial charge in [-0.05, 0) is 52.2 Å². The normalized spacial score (nSPS) is 14.6. The summed E-state index contributed by atoms with van der Waals surface area (Å²) in [7, 11) is 1.68. The molecule has 28 heavy (non-hydrogen) atoms. The second-order valence-electron chi connectivity index (χ2n) is 7.64. The molecule has 0 amide bonds. The summed E-state index contributed by atoms with van der Waals surface area (Å²) in [5.74, 6) is 1.74. The topological polar surface area (TPSA) is 58.1 Å². The predicted molar refractivity (Wildman–Crippen MR) is 116 cm³/mol. The predicted octanol–water partition coefficient (Wildman–Crippen LogP) is 2.95. The first-order valence-corrected chi connectivity index (χ1v) is 10.5. The van der Waals surface area contributed by atoms with Gasteiger partial charge in [-0.1, -0.05) is 12.1 Å². The van der Waals surface area contributed by atoms with Crippen molar-refractivity contribution in [2.24, 2.45) is 4.99 Å². The fourth-order valence-electron chi connectivity index (χ4n) is 3.24. The Hall–Kier alpha value is -1.79. The molecule has 0 aliphatic heterocycles. The molecule has 0 radical (unpaired) electrons. The minimum atomic E-state index is 0.543. The summed E-state index contributed by atoms with van der Waals surface area (Å²) >= 11 is 0. The molecule has 0 aromatic heterocycles. The van der Waals surface area contributed by atoms with Crippen molar-refractivity contribution in [1.82, 2.24) is 15.5 Å². The quantitative estimate of drug-likeness (QED) is 0.326. The number of aliphatic imine (C=N–C) groups is 1. The van der Waals surface area contributed by atoms with Crippen molar-refractivity contribution in [2.45, 2.75) is 59.2 Å². The van der Waals surface area contributed by atoms with Crippen molar-refractivity contribution in [3.8, 4) is 5.75 Å². The number of rotatable bonds is 12. The highest BCUT2D eigenvalue weighted by molar-refractivity contribution is 5.79. The number of methoxy groups -OCH3 is 1. The monoisotopic (exact) mass is 390 g/mol. The van der Waals surface area contributed by atoms with E-state index in [0.29, 0.717) is 25.8 Å². The van der Waals surface area contributed by atoms with E-state index in [1.165, 1.54) is 18.4 Å². The van der Waals surface area contributed by atoms with Gasteiger partial charge in [0, 0.05) is 44.4 Å². The third kappa shape index (κ3) is 7.68. The number of hydrogen-bond acceptors (Lipinski definition) is 4. The highest BCUT2D eigenvalue weighted by atomic mass is 16.5. The van der Waals surface area contributed by atoms with E-state index in [2.05, 4.69) is 61.4 Å². The Labute approximate surface area is 170 Å². The number of guanidine groups is 1. The molecule has 1 fully saturated rings. The lowest BCUT2D eigenvalue weighted by Gasteiger charge is -2.26. The molecule has 0 bridgehead atoms. The molecule has 1 aliphatic carbocycles. The van der Waals surface area contributed by atoms with Crippen molar-refractivity contribution in [3.63, 3.8) is 0 Å². The molecule has 158 valence electrons. The molecule has 1 aliphatic rings. The average Bonchev–Trinajstić information content (AvgIpc) is 3.49. The van der Waals surface area contributed by atoms with Crippen molar-refractivity contribution < 1.29 is 9.47 Å². The van der Waals surface area contributed by atoms with Crippen molar-refractivity contribution in [3.05, 3.63) is 29.3 Å². The second-order valence-corrected chi connectivity index (χ2v) is 7.64. The standard InChI is InChI=1S/C22H38N4O2/c1-6-23-22(24-11-12-26(17(2)3)20-9-10-20)25-16-19-8-7-18(4)15-21(19)28-14-13-27-5/h7-8,15,17,20H,6,9-14,16H2,1-5H3,(H2,23,24,25). The van der Waals surface area contributed by atoms with Gasteiger partial charge in [-0.15, -0.1) is 0 Å². The van der Waals surface area contributed by atoms with E-state index in [0.717, 1.165) is 42.9 Å². The van der Waals surface area contributed by atoms with E-state index < -0.39 is 0 Å². The van der Waals surface area contributed by atoms with Crippen LogP contribution in [0.5, 0.6) is 5.75 Å². The van der Waals surface area contributed by atoms with Crippen LogP contribution in [0.2, 0.25) is 0 Å². The highest BCUT2D eigenvalue weighted by Crippen LogP contribution is 2.28. The van der Waals surface area contributed by atoms with Crippen molar-refractivity contribution >= 4 is 5.96 Å². The Bertz CT molecular complexity index is 613. The number of ether oxygens (including phenoxy) is 2. The molecule has 6 heteroatoms. The number of nitrogens with zero attached hydrogens (tertiary/aromatic N) is 2. The smallest absolute Gasteiger partial charge is 0.191 e. The zero-order chi connectivity index (χ0) is 20.4. The zero-order valence-corrected chi connectivity index (χ0v) is 18.3. The number of benzene rings is 1. The summed E-state index contributed by atoms with van der Waals surface area (Å²) in [6.07, 6.45) is 2.68. The van der Waals surface area contributed by atoms with Crippen LogP contribution >= 0.6 is 0 Å². The largest absolute Gasteiger partial charge is 0.491 e. The minimum absolute atomic E-state index is 0.543. The summed E-state index contributed by atoms with van der Waals surface area (Å²) in [6.45, 7) is 13.2. The molecule has 0 atom stereocenters. The first-order valence-electron chi connectivity index (χ1n) is 10.5. The van der Waals surface area contributed by atoms with Gasteiger partial charge in [-0.2, -0.15) is 0 Å². The fraction of sp³-hybridized carbons (Fsp3) is 0.682. The Morgan fingerprint density at radius 3 is 2.68 bits per heavy atom. The lowest BCUT2D eigenvalue weighted by atomic mass is 10.1. The van der Waals surface area contributed by atoms with Crippen molar-refractivity contribution in [1.29, 1.82) is 0 Å². The third-order valence-corrected chi connectivity index (χ3v) is 4.86. The molecular weight excluding hydrogens is 352 g/mol. The van der Waals surface area contributed by atoms with Crippen LogP contribution in [-0.4, -0.2) is 62.9 Å². The number of aryl methyl sites for hydroxylation is 1. The maximum atomic E-state index is 5.88. The van der Waals surface area contributed by atoms with Gasteiger partial charge in [0.15, 0.2) is 5.96 Å². The van der Waals surface area contributed by atoms with Crippen LogP contribution in [0, 0.1) is 6.92 Å². The van der Waals surface area contributed by atoms with E-state index in [1.54, 1.807) is 7.11 Å². The van der Waals surface area contributed by atoms with Gasteiger partial charge in [0.25, 0.3) is 0 Å². The molecule has 0 heterocycles. The summed E-state index contributed by atoms with van der Waals surface area (Å²) in [5, 5.41) is 6.82. The Morgan fingerprint density at radius 2 is 2.04 bits per heavy atom. The maximum absolute atomic E-state index is 5.88.